The van der Waals surface area contributed by atoms with Gasteiger partial charge in [-0.25, -0.2) is 4.79 Å². The molecule has 0 saturated carbocycles. The molecule has 1 heterocycles. The zero-order chi connectivity index (χ0) is 18.3. The fourth-order valence-electron chi connectivity index (χ4n) is 4.25. The van der Waals surface area contributed by atoms with Crippen molar-refractivity contribution in [1.82, 2.24) is 0 Å². The zero-order valence-electron chi connectivity index (χ0n) is 15.0. The largest absolute Gasteiger partial charge is 0.465 e. The second-order valence-corrected chi connectivity index (χ2v) is 7.35. The molecule has 0 unspecified atom stereocenters. The fourth-order valence-corrected chi connectivity index (χ4v) is 4.47. The van der Waals surface area contributed by atoms with Crippen LogP contribution in [0.25, 0.3) is 0 Å². The molecule has 0 aromatic heterocycles. The number of allylic oxidation sites excluding steroid dienone is 2. The molecular formula is C22H22ClNO2. The zero-order valence-corrected chi connectivity index (χ0v) is 15.7. The predicted octanol–water partition coefficient (Wildman–Crippen LogP) is 5.52. The van der Waals surface area contributed by atoms with E-state index < -0.39 is 0 Å². The summed E-state index contributed by atoms with van der Waals surface area (Å²) in [5, 5.41) is 4.27. The highest BCUT2D eigenvalue weighted by atomic mass is 35.5. The number of carbonyl (C=O) groups is 1. The van der Waals surface area contributed by atoms with Crippen molar-refractivity contribution in [2.24, 2.45) is 5.92 Å². The number of carbonyl (C=O) groups excluding carboxylic acids is 1. The van der Waals surface area contributed by atoms with Crippen LogP contribution in [0.1, 0.15) is 52.4 Å². The molecule has 0 fully saturated rings. The second kappa shape index (κ2) is 6.81. The number of benzene rings is 2. The lowest BCUT2D eigenvalue weighted by molar-refractivity contribution is 0.0598. The number of rotatable bonds is 3. The van der Waals surface area contributed by atoms with Crippen molar-refractivity contribution < 1.29 is 9.53 Å². The highest BCUT2D eigenvalue weighted by molar-refractivity contribution is 6.33. The maximum absolute atomic E-state index is 12.3. The molecule has 2 aromatic carbocycles. The van der Waals surface area contributed by atoms with Gasteiger partial charge in [0.1, 0.15) is 0 Å². The molecule has 0 bridgehead atoms. The van der Waals surface area contributed by atoms with Gasteiger partial charge in [-0.3, -0.25) is 0 Å². The normalized spacial score (nSPS) is 23.1. The minimum absolute atomic E-state index is 0.162. The van der Waals surface area contributed by atoms with Gasteiger partial charge >= 0.3 is 5.97 Å². The van der Waals surface area contributed by atoms with Gasteiger partial charge in [-0.2, -0.15) is 0 Å². The number of hydrogen-bond acceptors (Lipinski definition) is 3. The Morgan fingerprint density at radius 3 is 2.69 bits per heavy atom. The predicted molar refractivity (Wildman–Crippen MR) is 105 cm³/mol. The molecule has 4 rings (SSSR count). The van der Waals surface area contributed by atoms with Gasteiger partial charge in [-0.15, -0.1) is 0 Å². The van der Waals surface area contributed by atoms with E-state index in [9.17, 15) is 4.79 Å². The molecule has 1 N–H and O–H groups in total. The molecule has 0 amide bonds. The van der Waals surface area contributed by atoms with Gasteiger partial charge in [0.25, 0.3) is 0 Å². The molecule has 3 nitrogen and oxygen atoms in total. The van der Waals surface area contributed by atoms with Gasteiger partial charge in [0, 0.05) is 5.92 Å². The summed E-state index contributed by atoms with van der Waals surface area (Å²) in [7, 11) is 1.42. The number of aryl methyl sites for hydroxylation is 1. The molecule has 2 aromatic rings. The molecule has 0 spiro atoms. The van der Waals surface area contributed by atoms with E-state index in [1.54, 1.807) is 12.1 Å². The van der Waals surface area contributed by atoms with Crippen LogP contribution >= 0.6 is 11.6 Å². The lowest BCUT2D eigenvalue weighted by Crippen LogP contribution is -2.30. The highest BCUT2D eigenvalue weighted by Gasteiger charge is 2.40. The molecule has 0 radical (unpaired) electrons. The maximum Gasteiger partial charge on any atom is 0.338 e. The summed E-state index contributed by atoms with van der Waals surface area (Å²) in [6.07, 6.45) is 6.43. The number of methoxy groups -OCH3 is 1. The Hall–Kier alpha value is -2.26. The maximum atomic E-state index is 12.3. The average Bonchev–Trinajstić information content (AvgIpc) is 3.17. The SMILES string of the molecule is CCc1ccc([C@@H]2Nc3c(Cl)ccc(C(=O)OC)c3[C@@H]3C=CC[C@@H]32)cc1. The second-order valence-electron chi connectivity index (χ2n) is 6.95. The summed E-state index contributed by atoms with van der Waals surface area (Å²) < 4.78 is 4.99. The molecule has 1 aliphatic carbocycles. The molecule has 0 saturated heterocycles. The van der Waals surface area contributed by atoms with Crippen LogP contribution in [-0.2, 0) is 11.2 Å². The minimum Gasteiger partial charge on any atom is -0.465 e. The van der Waals surface area contributed by atoms with Crippen molar-refractivity contribution in [3.8, 4) is 0 Å². The first-order valence-corrected chi connectivity index (χ1v) is 9.44. The quantitative estimate of drug-likeness (QED) is 0.573. The van der Waals surface area contributed by atoms with Crippen molar-refractivity contribution in [2.75, 3.05) is 12.4 Å². The number of anilines is 1. The first kappa shape index (κ1) is 17.2. The fraction of sp³-hybridized carbons (Fsp3) is 0.318. The molecule has 4 heteroatoms. The van der Waals surface area contributed by atoms with Crippen LogP contribution in [0.15, 0.2) is 48.6 Å². The molecule has 1 aliphatic heterocycles. The van der Waals surface area contributed by atoms with Gasteiger partial charge in [-0.05, 0) is 47.6 Å². The Balaban J connectivity index is 1.81. The van der Waals surface area contributed by atoms with Crippen LogP contribution in [0.3, 0.4) is 0 Å². The first-order chi connectivity index (χ1) is 12.6. The minimum atomic E-state index is -0.315. The third kappa shape index (κ3) is 2.71. The summed E-state index contributed by atoms with van der Waals surface area (Å²) in [5.74, 6) is 0.205. The van der Waals surface area contributed by atoms with Gasteiger partial charge < -0.3 is 10.1 Å². The van der Waals surface area contributed by atoms with Gasteiger partial charge in [0.15, 0.2) is 0 Å². The molecule has 134 valence electrons. The van der Waals surface area contributed by atoms with E-state index in [1.165, 1.54) is 18.2 Å². The van der Waals surface area contributed by atoms with Gasteiger partial charge in [-0.1, -0.05) is 54.9 Å². The van der Waals surface area contributed by atoms with E-state index in [-0.39, 0.29) is 17.9 Å². The summed E-state index contributed by atoms with van der Waals surface area (Å²) in [4.78, 5) is 12.3. The van der Waals surface area contributed by atoms with Crippen LogP contribution < -0.4 is 5.32 Å². The number of nitrogens with one attached hydrogen (secondary N) is 1. The van der Waals surface area contributed by atoms with Crippen LogP contribution in [-0.4, -0.2) is 13.1 Å². The smallest absolute Gasteiger partial charge is 0.338 e. The third-order valence-electron chi connectivity index (χ3n) is 5.62. The molecule has 26 heavy (non-hydrogen) atoms. The Morgan fingerprint density at radius 1 is 1.23 bits per heavy atom. The van der Waals surface area contributed by atoms with Crippen molar-refractivity contribution in [3.05, 3.63) is 75.8 Å². The van der Waals surface area contributed by atoms with E-state index >= 15 is 0 Å². The summed E-state index contributed by atoms with van der Waals surface area (Å²) in [5.41, 5.74) is 5.00. The topological polar surface area (TPSA) is 38.3 Å². The van der Waals surface area contributed by atoms with E-state index in [4.69, 9.17) is 16.3 Å². The monoisotopic (exact) mass is 367 g/mol. The number of fused-ring (bicyclic) bond motifs is 3. The Morgan fingerprint density at radius 2 is 2.00 bits per heavy atom. The summed E-state index contributed by atoms with van der Waals surface area (Å²) >= 11 is 6.51. The average molecular weight is 368 g/mol. The van der Waals surface area contributed by atoms with Crippen LogP contribution in [0.4, 0.5) is 5.69 Å². The Bertz CT molecular complexity index is 872. The van der Waals surface area contributed by atoms with Crippen LogP contribution in [0.2, 0.25) is 5.02 Å². The van der Waals surface area contributed by atoms with Gasteiger partial charge in [0.05, 0.1) is 29.4 Å². The molecule has 3 atom stereocenters. The molecule has 2 aliphatic rings. The lowest BCUT2D eigenvalue weighted by atomic mass is 9.75. The van der Waals surface area contributed by atoms with E-state index in [2.05, 4.69) is 48.7 Å². The number of hydrogen-bond donors (Lipinski definition) is 1. The van der Waals surface area contributed by atoms with Crippen LogP contribution in [0.5, 0.6) is 0 Å². The lowest BCUT2D eigenvalue weighted by Gasteiger charge is -2.38. The first-order valence-electron chi connectivity index (χ1n) is 9.06. The van der Waals surface area contributed by atoms with E-state index in [0.717, 1.165) is 24.1 Å². The number of ether oxygens (including phenoxy) is 1. The molecular weight excluding hydrogens is 346 g/mol. The summed E-state index contributed by atoms with van der Waals surface area (Å²) in [6.45, 7) is 2.16. The number of esters is 1. The van der Waals surface area contributed by atoms with E-state index in [1.807, 2.05) is 0 Å². The summed E-state index contributed by atoms with van der Waals surface area (Å²) in [6, 6.07) is 12.5. The van der Waals surface area contributed by atoms with Crippen molar-refractivity contribution in [3.63, 3.8) is 0 Å². The highest BCUT2D eigenvalue weighted by Crippen LogP contribution is 2.52. The van der Waals surface area contributed by atoms with Gasteiger partial charge in [0.2, 0.25) is 0 Å². The number of halogens is 1. The van der Waals surface area contributed by atoms with Crippen molar-refractivity contribution >= 4 is 23.3 Å². The standard InChI is InChI=1S/C22H22ClNO2/c1-3-13-7-9-14(10-8-13)20-16-6-4-5-15(16)19-17(22(25)26-2)11-12-18(23)21(19)24-20/h4-5,7-12,15-16,20,24H,3,6H2,1-2H3/t15-,16+,20+/m1/s1. The van der Waals surface area contributed by atoms with Crippen molar-refractivity contribution in [2.45, 2.75) is 31.7 Å². The van der Waals surface area contributed by atoms with Crippen LogP contribution in [0, 0.1) is 5.92 Å². The van der Waals surface area contributed by atoms with Crippen molar-refractivity contribution in [1.29, 1.82) is 0 Å². The third-order valence-corrected chi connectivity index (χ3v) is 5.94. The van der Waals surface area contributed by atoms with E-state index in [0.29, 0.717) is 16.5 Å². The Kier molecular flexibility index (Phi) is 4.49. The Labute approximate surface area is 159 Å².